The number of nitrogens with zero attached hydrogens (tertiary/aromatic N) is 2. The van der Waals surface area contributed by atoms with Crippen LogP contribution in [-0.2, 0) is 10.8 Å². The first-order valence-electron chi connectivity index (χ1n) is 8.63. The molecule has 6 heteroatoms. The Bertz CT molecular complexity index is 792. The third-order valence-electron chi connectivity index (χ3n) is 5.53. The Morgan fingerprint density at radius 1 is 1.32 bits per heavy atom. The molecule has 0 saturated heterocycles. The lowest BCUT2D eigenvalue weighted by Crippen LogP contribution is -2.45. The molecular formula is C19H26N2O3Si. The fraction of sp³-hybridized carbons (Fsp3) is 0.474. The third-order valence-corrected chi connectivity index (χ3v) is 10.0. The van der Waals surface area contributed by atoms with Crippen molar-refractivity contribution in [2.45, 2.75) is 57.5 Å². The maximum atomic E-state index is 11.2. The quantitative estimate of drug-likeness (QED) is 0.835. The summed E-state index contributed by atoms with van der Waals surface area (Å²) in [5.74, 6) is -0.959. The number of carbonyl (C=O) groups is 1. The minimum Gasteiger partial charge on any atom is -0.478 e. The van der Waals surface area contributed by atoms with Crippen molar-refractivity contribution in [3.8, 4) is 0 Å². The van der Waals surface area contributed by atoms with Gasteiger partial charge in [-0.2, -0.15) is 5.10 Å². The van der Waals surface area contributed by atoms with Crippen molar-refractivity contribution in [3.63, 3.8) is 0 Å². The number of carboxylic acids is 1. The van der Waals surface area contributed by atoms with Crippen molar-refractivity contribution >= 4 is 14.3 Å². The van der Waals surface area contributed by atoms with Crippen molar-refractivity contribution in [1.29, 1.82) is 0 Å². The number of hydrogen-bond acceptors (Lipinski definition) is 3. The number of aromatic nitrogens is 2. The van der Waals surface area contributed by atoms with E-state index in [9.17, 15) is 9.90 Å². The molecule has 1 heterocycles. The summed E-state index contributed by atoms with van der Waals surface area (Å²) in [5.41, 5.74) is 2.63. The van der Waals surface area contributed by atoms with Gasteiger partial charge < -0.3 is 9.53 Å². The molecule has 2 atom stereocenters. The number of rotatable bonds is 4. The average molecular weight is 359 g/mol. The minimum atomic E-state index is -1.96. The maximum absolute atomic E-state index is 11.2. The second kappa shape index (κ2) is 6.11. The lowest BCUT2D eigenvalue weighted by atomic mass is 10.1. The first-order chi connectivity index (χ1) is 11.6. The molecule has 1 aliphatic rings. The fourth-order valence-corrected chi connectivity index (χ4v) is 4.43. The smallest absolute Gasteiger partial charge is 0.338 e. The van der Waals surface area contributed by atoms with E-state index in [-0.39, 0.29) is 22.7 Å². The molecule has 134 valence electrons. The van der Waals surface area contributed by atoms with Gasteiger partial charge in [0.25, 0.3) is 0 Å². The molecule has 25 heavy (non-hydrogen) atoms. The molecule has 0 amide bonds. The molecule has 0 fully saturated rings. The summed E-state index contributed by atoms with van der Waals surface area (Å²) in [7, 11) is -1.96. The van der Waals surface area contributed by atoms with E-state index in [1.807, 2.05) is 12.1 Å². The van der Waals surface area contributed by atoms with Crippen LogP contribution in [-0.4, -0.2) is 35.3 Å². The van der Waals surface area contributed by atoms with Crippen LogP contribution in [0.1, 0.15) is 48.3 Å². The highest BCUT2D eigenvalue weighted by Crippen LogP contribution is 2.43. The molecule has 0 bridgehead atoms. The van der Waals surface area contributed by atoms with Gasteiger partial charge >= 0.3 is 5.97 Å². The third kappa shape index (κ3) is 3.28. The van der Waals surface area contributed by atoms with Crippen LogP contribution in [0.3, 0.4) is 0 Å². The van der Waals surface area contributed by atoms with Gasteiger partial charge in [0.1, 0.15) is 6.04 Å². The molecule has 0 unspecified atom stereocenters. The van der Waals surface area contributed by atoms with E-state index >= 15 is 0 Å². The Hall–Kier alpha value is -1.92. The normalized spacial score (nSPS) is 20.5. The van der Waals surface area contributed by atoms with Gasteiger partial charge in [-0.1, -0.05) is 45.0 Å². The van der Waals surface area contributed by atoms with E-state index in [1.54, 1.807) is 10.9 Å². The monoisotopic (exact) mass is 358 g/mol. The molecule has 1 N–H and O–H groups in total. The highest BCUT2D eigenvalue weighted by atomic mass is 28.4. The Morgan fingerprint density at radius 2 is 2.00 bits per heavy atom. The summed E-state index contributed by atoms with van der Waals surface area (Å²) in [6, 6.07) is 8.19. The summed E-state index contributed by atoms with van der Waals surface area (Å²) in [6.07, 6.45) is 3.82. The summed E-state index contributed by atoms with van der Waals surface area (Å²) in [4.78, 5) is 11.2. The van der Waals surface area contributed by atoms with E-state index in [4.69, 9.17) is 4.43 Å². The summed E-state index contributed by atoms with van der Waals surface area (Å²) >= 11 is 0. The SMILES string of the molecule is CC(C)(C)[Si](C)(C)O[C@H]1Cc2ccccc2[C@@H]1n1cc(C(=O)O)cn1. The lowest BCUT2D eigenvalue weighted by Gasteiger charge is -2.39. The molecular weight excluding hydrogens is 332 g/mol. The van der Waals surface area contributed by atoms with E-state index < -0.39 is 14.3 Å². The Kier molecular flexibility index (Phi) is 4.37. The second-order valence-electron chi connectivity index (χ2n) is 8.28. The van der Waals surface area contributed by atoms with Crippen LogP contribution in [0.4, 0.5) is 0 Å². The molecule has 2 aromatic rings. The number of benzene rings is 1. The maximum Gasteiger partial charge on any atom is 0.338 e. The van der Waals surface area contributed by atoms with Crippen LogP contribution >= 0.6 is 0 Å². The zero-order valence-electron chi connectivity index (χ0n) is 15.5. The van der Waals surface area contributed by atoms with Gasteiger partial charge in [-0.25, -0.2) is 4.79 Å². The number of fused-ring (bicyclic) bond motifs is 1. The molecule has 1 aromatic heterocycles. The Balaban J connectivity index is 1.99. The Morgan fingerprint density at radius 3 is 2.60 bits per heavy atom. The number of carboxylic acid groups (broad SMARTS) is 1. The second-order valence-corrected chi connectivity index (χ2v) is 13.0. The van der Waals surface area contributed by atoms with Crippen LogP contribution < -0.4 is 0 Å². The fourth-order valence-electron chi connectivity index (χ4n) is 3.11. The van der Waals surface area contributed by atoms with Crippen LogP contribution in [0, 0.1) is 0 Å². The van der Waals surface area contributed by atoms with E-state index in [2.05, 4.69) is 51.1 Å². The number of hydrogen-bond donors (Lipinski definition) is 1. The first-order valence-corrected chi connectivity index (χ1v) is 11.5. The number of aromatic carboxylic acids is 1. The summed E-state index contributed by atoms with van der Waals surface area (Å²) in [5, 5.41) is 13.7. The van der Waals surface area contributed by atoms with Gasteiger partial charge in [-0.15, -0.1) is 0 Å². The van der Waals surface area contributed by atoms with Gasteiger partial charge in [0.05, 0.1) is 17.9 Å². The summed E-state index contributed by atoms with van der Waals surface area (Å²) < 4.78 is 8.47. The highest BCUT2D eigenvalue weighted by Gasteiger charge is 2.44. The molecule has 0 saturated carbocycles. The van der Waals surface area contributed by atoms with Gasteiger partial charge in [-0.05, 0) is 29.3 Å². The zero-order chi connectivity index (χ0) is 18.4. The Labute approximate surface area is 149 Å². The zero-order valence-corrected chi connectivity index (χ0v) is 16.5. The molecule has 1 aromatic carbocycles. The predicted octanol–water partition coefficient (Wildman–Crippen LogP) is 4.12. The van der Waals surface area contributed by atoms with Crippen molar-refractivity contribution in [1.82, 2.24) is 9.78 Å². The molecule has 0 aliphatic heterocycles. The van der Waals surface area contributed by atoms with Gasteiger partial charge in [0.15, 0.2) is 8.32 Å². The predicted molar refractivity (Wildman–Crippen MR) is 99.5 cm³/mol. The minimum absolute atomic E-state index is 0.0279. The van der Waals surface area contributed by atoms with Crippen LogP contribution in [0.2, 0.25) is 18.1 Å². The van der Waals surface area contributed by atoms with E-state index in [0.717, 1.165) is 6.42 Å². The van der Waals surface area contributed by atoms with Crippen LogP contribution in [0.25, 0.3) is 0 Å². The average Bonchev–Trinajstić information content (AvgIpc) is 3.09. The van der Waals surface area contributed by atoms with Crippen LogP contribution in [0.15, 0.2) is 36.7 Å². The first kappa shape index (κ1) is 17.9. The highest BCUT2D eigenvalue weighted by molar-refractivity contribution is 6.74. The van der Waals surface area contributed by atoms with Crippen LogP contribution in [0.5, 0.6) is 0 Å². The molecule has 0 radical (unpaired) electrons. The van der Waals surface area contributed by atoms with Crippen molar-refractivity contribution < 1.29 is 14.3 Å². The van der Waals surface area contributed by atoms with Crippen molar-refractivity contribution in [3.05, 3.63) is 53.3 Å². The molecule has 0 spiro atoms. The topological polar surface area (TPSA) is 64.3 Å². The molecule has 5 nitrogen and oxygen atoms in total. The molecule has 1 aliphatic carbocycles. The van der Waals surface area contributed by atoms with Gasteiger partial charge in [0, 0.05) is 12.6 Å². The van der Waals surface area contributed by atoms with Gasteiger partial charge in [0.2, 0.25) is 0 Å². The van der Waals surface area contributed by atoms with Gasteiger partial charge in [-0.3, -0.25) is 4.68 Å². The molecule has 3 rings (SSSR count). The van der Waals surface area contributed by atoms with E-state index in [0.29, 0.717) is 0 Å². The van der Waals surface area contributed by atoms with Crippen molar-refractivity contribution in [2.24, 2.45) is 0 Å². The van der Waals surface area contributed by atoms with Crippen molar-refractivity contribution in [2.75, 3.05) is 0 Å². The standard InChI is InChI=1S/C19H26N2O3Si/c1-19(2,3)25(4,5)24-16-10-13-8-6-7-9-15(13)17(16)21-12-14(11-20-21)18(22)23/h6-9,11-12,16-17H,10H2,1-5H3,(H,22,23)/t16-,17-/m0/s1. The summed E-state index contributed by atoms with van der Waals surface area (Å²) in [6.45, 7) is 11.2. The largest absolute Gasteiger partial charge is 0.478 e. The van der Waals surface area contributed by atoms with E-state index in [1.165, 1.54) is 17.3 Å². The lowest BCUT2D eigenvalue weighted by molar-refractivity contribution is 0.0696.